The Hall–Kier alpha value is -2.18. The molecular formula is C16H16ClFN2O3. The van der Waals surface area contributed by atoms with Crippen LogP contribution < -0.4 is 4.74 Å². The first kappa shape index (κ1) is 17.2. The van der Waals surface area contributed by atoms with Gasteiger partial charge < -0.3 is 4.74 Å². The molecule has 0 heterocycles. The minimum atomic E-state index is -0.511. The number of nitro benzene ring substituents is 1. The minimum Gasteiger partial charge on any atom is -0.496 e. The molecule has 2 aromatic carbocycles. The summed E-state index contributed by atoms with van der Waals surface area (Å²) in [5.41, 5.74) is 1.07. The largest absolute Gasteiger partial charge is 0.496 e. The maximum absolute atomic E-state index is 13.4. The van der Waals surface area contributed by atoms with Gasteiger partial charge in [-0.3, -0.25) is 15.0 Å². The normalized spacial score (nSPS) is 10.8. The molecule has 0 radical (unpaired) electrons. The van der Waals surface area contributed by atoms with Crippen LogP contribution in [0.2, 0.25) is 5.02 Å². The van der Waals surface area contributed by atoms with Crippen LogP contribution in [0, 0.1) is 15.9 Å². The average Bonchev–Trinajstić information content (AvgIpc) is 2.47. The van der Waals surface area contributed by atoms with E-state index in [2.05, 4.69) is 0 Å². The molecule has 0 unspecified atom stereocenters. The van der Waals surface area contributed by atoms with Crippen molar-refractivity contribution >= 4 is 17.3 Å². The van der Waals surface area contributed by atoms with Crippen molar-refractivity contribution in [2.75, 3.05) is 14.2 Å². The predicted molar refractivity (Wildman–Crippen MR) is 86.2 cm³/mol. The number of nitrogens with zero attached hydrogens (tertiary/aromatic N) is 2. The van der Waals surface area contributed by atoms with Crippen LogP contribution in [0.3, 0.4) is 0 Å². The Bertz CT molecular complexity index is 724. The smallest absolute Gasteiger partial charge is 0.274 e. The Kier molecular flexibility index (Phi) is 5.52. The van der Waals surface area contributed by atoms with Gasteiger partial charge in [-0.1, -0.05) is 11.6 Å². The monoisotopic (exact) mass is 338 g/mol. The summed E-state index contributed by atoms with van der Waals surface area (Å²) in [6.45, 7) is 0.682. The Morgan fingerprint density at radius 3 is 2.57 bits per heavy atom. The van der Waals surface area contributed by atoms with Gasteiger partial charge in [0.15, 0.2) is 0 Å². The van der Waals surface area contributed by atoms with Gasteiger partial charge in [0.2, 0.25) is 0 Å². The van der Waals surface area contributed by atoms with Crippen molar-refractivity contribution in [2.24, 2.45) is 0 Å². The van der Waals surface area contributed by atoms with E-state index in [0.29, 0.717) is 22.9 Å². The van der Waals surface area contributed by atoms with Crippen LogP contribution in [0.5, 0.6) is 5.75 Å². The number of halogens is 2. The third-order valence-electron chi connectivity index (χ3n) is 3.36. The van der Waals surface area contributed by atoms with Crippen LogP contribution in [-0.4, -0.2) is 24.0 Å². The molecule has 7 heteroatoms. The Morgan fingerprint density at radius 1 is 1.22 bits per heavy atom. The average molecular weight is 339 g/mol. The Labute approximate surface area is 138 Å². The van der Waals surface area contributed by atoms with Crippen LogP contribution in [0.25, 0.3) is 0 Å². The third kappa shape index (κ3) is 4.40. The molecule has 122 valence electrons. The van der Waals surface area contributed by atoms with Gasteiger partial charge in [0.05, 0.1) is 12.0 Å². The first-order chi connectivity index (χ1) is 10.9. The second-order valence-electron chi connectivity index (χ2n) is 5.16. The summed E-state index contributed by atoms with van der Waals surface area (Å²) in [6.07, 6.45) is 0. The summed E-state index contributed by atoms with van der Waals surface area (Å²) in [4.78, 5) is 12.4. The van der Waals surface area contributed by atoms with Crippen molar-refractivity contribution in [3.05, 3.63) is 68.5 Å². The molecule has 0 amide bonds. The lowest BCUT2D eigenvalue weighted by molar-refractivity contribution is -0.385. The maximum atomic E-state index is 13.4. The molecule has 5 nitrogen and oxygen atoms in total. The molecule has 0 spiro atoms. The fourth-order valence-electron chi connectivity index (χ4n) is 2.37. The Balaban J connectivity index is 2.20. The molecular weight excluding hydrogens is 323 g/mol. The quantitative estimate of drug-likeness (QED) is 0.589. The van der Waals surface area contributed by atoms with Crippen molar-refractivity contribution in [2.45, 2.75) is 13.1 Å². The summed E-state index contributed by atoms with van der Waals surface area (Å²) < 4.78 is 18.7. The lowest BCUT2D eigenvalue weighted by Crippen LogP contribution is -2.18. The van der Waals surface area contributed by atoms with Crippen LogP contribution >= 0.6 is 11.6 Å². The van der Waals surface area contributed by atoms with Crippen molar-refractivity contribution in [3.8, 4) is 5.75 Å². The number of benzene rings is 2. The van der Waals surface area contributed by atoms with E-state index in [-0.39, 0.29) is 12.2 Å². The SMILES string of the molecule is COc1ccc(Cl)cc1CN(C)Cc1cc(F)ccc1[N+](=O)[O-]. The van der Waals surface area contributed by atoms with Gasteiger partial charge in [-0.05, 0) is 37.4 Å². The molecule has 0 aliphatic carbocycles. The summed E-state index contributed by atoms with van der Waals surface area (Å²) in [6, 6.07) is 8.71. The lowest BCUT2D eigenvalue weighted by Gasteiger charge is -2.18. The summed E-state index contributed by atoms with van der Waals surface area (Å²) in [5, 5.41) is 11.6. The fraction of sp³-hybridized carbons (Fsp3) is 0.250. The zero-order valence-corrected chi connectivity index (χ0v) is 13.5. The van der Waals surface area contributed by atoms with E-state index < -0.39 is 10.7 Å². The topological polar surface area (TPSA) is 55.6 Å². The fourth-order valence-corrected chi connectivity index (χ4v) is 2.56. The summed E-state index contributed by atoms with van der Waals surface area (Å²) in [5.74, 6) is 0.175. The first-order valence-electron chi connectivity index (χ1n) is 6.84. The molecule has 0 saturated heterocycles. The molecule has 0 aliphatic rings. The van der Waals surface area contributed by atoms with Crippen molar-refractivity contribution in [1.82, 2.24) is 4.90 Å². The summed E-state index contributed by atoms with van der Waals surface area (Å²) in [7, 11) is 3.35. The highest BCUT2D eigenvalue weighted by molar-refractivity contribution is 6.30. The number of hydrogen-bond acceptors (Lipinski definition) is 4. The second kappa shape index (κ2) is 7.39. The molecule has 0 N–H and O–H groups in total. The van der Waals surface area contributed by atoms with E-state index >= 15 is 0 Å². The van der Waals surface area contributed by atoms with Gasteiger partial charge >= 0.3 is 0 Å². The maximum Gasteiger partial charge on any atom is 0.274 e. The van der Waals surface area contributed by atoms with E-state index in [9.17, 15) is 14.5 Å². The van der Waals surface area contributed by atoms with Crippen LogP contribution in [0.15, 0.2) is 36.4 Å². The highest BCUT2D eigenvalue weighted by atomic mass is 35.5. The van der Waals surface area contributed by atoms with Crippen LogP contribution in [-0.2, 0) is 13.1 Å². The van der Waals surface area contributed by atoms with Gasteiger partial charge in [-0.15, -0.1) is 0 Å². The molecule has 0 aliphatic heterocycles. The highest BCUT2D eigenvalue weighted by Gasteiger charge is 2.17. The first-order valence-corrected chi connectivity index (χ1v) is 7.22. The molecule has 0 fully saturated rings. The van der Waals surface area contributed by atoms with Crippen molar-refractivity contribution in [1.29, 1.82) is 0 Å². The van der Waals surface area contributed by atoms with Crippen molar-refractivity contribution < 1.29 is 14.1 Å². The van der Waals surface area contributed by atoms with Gasteiger partial charge in [-0.25, -0.2) is 4.39 Å². The molecule has 23 heavy (non-hydrogen) atoms. The van der Waals surface area contributed by atoms with Crippen LogP contribution in [0.1, 0.15) is 11.1 Å². The van der Waals surface area contributed by atoms with E-state index in [0.717, 1.165) is 11.6 Å². The zero-order valence-electron chi connectivity index (χ0n) is 12.8. The molecule has 0 aromatic heterocycles. The zero-order chi connectivity index (χ0) is 17.0. The molecule has 0 saturated carbocycles. The van der Waals surface area contributed by atoms with E-state index in [1.165, 1.54) is 12.1 Å². The highest BCUT2D eigenvalue weighted by Crippen LogP contribution is 2.26. The van der Waals surface area contributed by atoms with Gasteiger partial charge in [0.1, 0.15) is 11.6 Å². The molecule has 2 aromatic rings. The lowest BCUT2D eigenvalue weighted by atomic mass is 10.1. The summed E-state index contributed by atoms with van der Waals surface area (Å²) >= 11 is 5.99. The van der Waals surface area contributed by atoms with Gasteiger partial charge in [0.25, 0.3) is 5.69 Å². The van der Waals surface area contributed by atoms with Crippen LogP contribution in [0.4, 0.5) is 10.1 Å². The standard InChI is InChI=1S/C16H16ClFN2O3/c1-19(10-12-7-13(17)3-6-16(12)23-2)9-11-8-14(18)4-5-15(11)20(21)22/h3-8H,9-10H2,1-2H3. The number of rotatable bonds is 6. The molecule has 0 bridgehead atoms. The number of methoxy groups -OCH3 is 1. The third-order valence-corrected chi connectivity index (χ3v) is 3.60. The van der Waals surface area contributed by atoms with Gasteiger partial charge in [0, 0.05) is 35.3 Å². The van der Waals surface area contributed by atoms with Crippen molar-refractivity contribution in [3.63, 3.8) is 0 Å². The minimum absolute atomic E-state index is 0.101. The Morgan fingerprint density at radius 2 is 1.91 bits per heavy atom. The van der Waals surface area contributed by atoms with E-state index in [1.807, 2.05) is 4.90 Å². The molecule has 0 atom stereocenters. The number of nitro groups is 1. The van der Waals surface area contributed by atoms with E-state index in [4.69, 9.17) is 16.3 Å². The second-order valence-corrected chi connectivity index (χ2v) is 5.60. The number of hydrogen-bond donors (Lipinski definition) is 0. The van der Waals surface area contributed by atoms with E-state index in [1.54, 1.807) is 32.4 Å². The predicted octanol–water partition coefficient (Wildman–Crippen LogP) is 4.03. The van der Waals surface area contributed by atoms with Gasteiger partial charge in [-0.2, -0.15) is 0 Å². The molecule has 2 rings (SSSR count). The number of ether oxygens (including phenoxy) is 1.